The molecule has 3 heterocycles. The van der Waals surface area contributed by atoms with E-state index in [1.54, 1.807) is 29.1 Å². The molecule has 0 spiro atoms. The number of likely N-dealkylation sites (tertiary alicyclic amines) is 1. The lowest BCUT2D eigenvalue weighted by Crippen LogP contribution is -2.35. The van der Waals surface area contributed by atoms with E-state index in [0.717, 1.165) is 42.3 Å². The van der Waals surface area contributed by atoms with E-state index in [2.05, 4.69) is 16.6 Å². The minimum Gasteiger partial charge on any atom is -0.335 e. The summed E-state index contributed by atoms with van der Waals surface area (Å²) in [6, 6.07) is 5.70. The van der Waals surface area contributed by atoms with Crippen molar-refractivity contribution in [2.24, 2.45) is 0 Å². The van der Waals surface area contributed by atoms with E-state index in [4.69, 9.17) is 0 Å². The molecule has 1 aliphatic heterocycles. The van der Waals surface area contributed by atoms with Gasteiger partial charge in [0.15, 0.2) is 5.43 Å². The summed E-state index contributed by atoms with van der Waals surface area (Å²) in [5, 5.41) is 4.69. The van der Waals surface area contributed by atoms with Gasteiger partial charge in [-0.1, -0.05) is 18.2 Å². The van der Waals surface area contributed by atoms with Crippen LogP contribution >= 0.6 is 0 Å². The molecule has 1 saturated heterocycles. The summed E-state index contributed by atoms with van der Waals surface area (Å²) >= 11 is 0. The number of nitrogens with zero attached hydrogens (tertiary/aromatic N) is 4. The lowest BCUT2D eigenvalue weighted by molar-refractivity contribution is -0.144. The first-order valence-electron chi connectivity index (χ1n) is 10.3. The second-order valence-electron chi connectivity index (χ2n) is 8.19. The molecule has 2 aromatic heterocycles. The molecule has 8 heteroatoms. The number of fused-ring (bicyclic) bond motifs is 1. The Balaban J connectivity index is 1.72. The summed E-state index contributed by atoms with van der Waals surface area (Å²) in [6.45, 7) is 9.05. The van der Waals surface area contributed by atoms with Crippen molar-refractivity contribution >= 4 is 17.1 Å². The molecule has 4 rings (SSSR count). The van der Waals surface area contributed by atoms with E-state index in [0.29, 0.717) is 17.4 Å². The maximum atomic E-state index is 13.9. The summed E-state index contributed by atoms with van der Waals surface area (Å²) in [4.78, 5) is 14.6. The molecule has 1 aliphatic rings. The van der Waals surface area contributed by atoms with Crippen LogP contribution in [0.5, 0.6) is 0 Å². The van der Waals surface area contributed by atoms with E-state index in [1.807, 2.05) is 20.0 Å². The highest BCUT2D eigenvalue weighted by Crippen LogP contribution is 2.32. The molecule has 0 N–H and O–H groups in total. The van der Waals surface area contributed by atoms with Gasteiger partial charge in [0, 0.05) is 48.5 Å². The third-order valence-electron chi connectivity index (χ3n) is 6.03. The largest absolute Gasteiger partial charge is 0.431 e. The van der Waals surface area contributed by atoms with Gasteiger partial charge in [0.2, 0.25) is 0 Å². The Hall–Kier alpha value is -2.87. The quantitative estimate of drug-likeness (QED) is 0.594. The van der Waals surface area contributed by atoms with E-state index in [-0.39, 0.29) is 12.6 Å². The summed E-state index contributed by atoms with van der Waals surface area (Å²) < 4.78 is 44.5. The first-order valence-corrected chi connectivity index (χ1v) is 10.3. The maximum Gasteiger partial charge on any atom is 0.431 e. The van der Waals surface area contributed by atoms with Crippen LogP contribution < -0.4 is 5.43 Å². The van der Waals surface area contributed by atoms with Crippen molar-refractivity contribution in [1.29, 1.82) is 0 Å². The van der Waals surface area contributed by atoms with Crippen LogP contribution in [0.1, 0.15) is 35.4 Å². The SMILES string of the molecule is C=Cn1cc(CN2CCC[C@@H]2Cn2c(C(F)(F)F)cc(=O)c3cc(C)ccc32)c(C)n1. The summed E-state index contributed by atoms with van der Waals surface area (Å²) in [5.41, 5.74) is 1.59. The fourth-order valence-electron chi connectivity index (χ4n) is 4.43. The zero-order chi connectivity index (χ0) is 22.3. The standard InChI is InChI=1S/C23H25F3N4O/c1-4-29-13-17(16(3)27-29)12-28-9-5-6-18(28)14-30-20-8-7-15(2)10-19(20)21(31)11-22(30)23(24,25)26/h4,7-8,10-11,13,18H,1,5-6,9,12,14H2,2-3H3/t18-/m1/s1. The highest BCUT2D eigenvalue weighted by Gasteiger charge is 2.36. The number of rotatable bonds is 5. The van der Waals surface area contributed by atoms with Crippen molar-refractivity contribution in [2.45, 2.75) is 52.0 Å². The van der Waals surface area contributed by atoms with Gasteiger partial charge in [-0.05, 0) is 45.4 Å². The molecule has 3 aromatic rings. The molecule has 0 radical (unpaired) electrons. The highest BCUT2D eigenvalue weighted by molar-refractivity contribution is 5.80. The van der Waals surface area contributed by atoms with Gasteiger partial charge in [0.25, 0.3) is 0 Å². The monoisotopic (exact) mass is 430 g/mol. The second-order valence-corrected chi connectivity index (χ2v) is 8.19. The molecule has 1 fully saturated rings. The van der Waals surface area contributed by atoms with Crippen molar-refractivity contribution in [2.75, 3.05) is 6.54 Å². The molecule has 1 aromatic carbocycles. The number of hydrogen-bond donors (Lipinski definition) is 0. The Morgan fingerprint density at radius 1 is 1.26 bits per heavy atom. The Morgan fingerprint density at radius 3 is 2.71 bits per heavy atom. The Labute approximate surface area is 178 Å². The fourth-order valence-corrected chi connectivity index (χ4v) is 4.43. The molecule has 1 atom stereocenters. The average molecular weight is 430 g/mol. The third-order valence-corrected chi connectivity index (χ3v) is 6.03. The fraction of sp³-hybridized carbons (Fsp3) is 0.391. The summed E-state index contributed by atoms with van der Waals surface area (Å²) in [5.74, 6) is 0. The molecule has 0 bridgehead atoms. The van der Waals surface area contributed by atoms with E-state index in [1.165, 1.54) is 4.57 Å². The van der Waals surface area contributed by atoms with Crippen molar-refractivity contribution < 1.29 is 13.2 Å². The van der Waals surface area contributed by atoms with Gasteiger partial charge in [-0.2, -0.15) is 18.3 Å². The predicted molar refractivity (Wildman–Crippen MR) is 115 cm³/mol. The Kier molecular flexibility index (Phi) is 5.51. The van der Waals surface area contributed by atoms with Gasteiger partial charge >= 0.3 is 6.18 Å². The maximum absolute atomic E-state index is 13.9. The lowest BCUT2D eigenvalue weighted by Gasteiger charge is -2.28. The number of pyridine rings is 1. The van der Waals surface area contributed by atoms with Crippen molar-refractivity contribution in [1.82, 2.24) is 19.2 Å². The van der Waals surface area contributed by atoms with Gasteiger partial charge in [-0.15, -0.1) is 0 Å². The average Bonchev–Trinajstić information content (AvgIpc) is 3.29. The first-order chi connectivity index (χ1) is 14.7. The smallest absolute Gasteiger partial charge is 0.335 e. The number of alkyl halides is 3. The molecule has 0 saturated carbocycles. The van der Waals surface area contributed by atoms with Crippen molar-refractivity contribution in [3.05, 3.63) is 69.8 Å². The van der Waals surface area contributed by atoms with Crippen molar-refractivity contribution in [3.63, 3.8) is 0 Å². The number of hydrogen-bond acceptors (Lipinski definition) is 3. The van der Waals surface area contributed by atoms with Crippen LogP contribution in [0.25, 0.3) is 17.1 Å². The summed E-state index contributed by atoms with van der Waals surface area (Å²) in [6.07, 6.45) is 0.616. The van der Waals surface area contributed by atoms with Gasteiger partial charge in [0.1, 0.15) is 5.69 Å². The minimum absolute atomic E-state index is 0.0698. The third kappa shape index (κ3) is 4.17. The lowest BCUT2D eigenvalue weighted by atomic mass is 10.1. The van der Waals surface area contributed by atoms with Gasteiger partial charge in [0.05, 0.1) is 11.2 Å². The van der Waals surface area contributed by atoms with Crippen LogP contribution in [0.4, 0.5) is 13.2 Å². The Bertz CT molecular complexity index is 1190. The minimum atomic E-state index is -4.61. The van der Waals surface area contributed by atoms with E-state index in [9.17, 15) is 18.0 Å². The van der Waals surface area contributed by atoms with Gasteiger partial charge in [-0.3, -0.25) is 9.69 Å². The zero-order valence-corrected chi connectivity index (χ0v) is 17.6. The van der Waals surface area contributed by atoms with Crippen LogP contribution in [0.15, 0.2) is 41.8 Å². The highest BCUT2D eigenvalue weighted by atomic mass is 19.4. The van der Waals surface area contributed by atoms with E-state index >= 15 is 0 Å². The molecular formula is C23H25F3N4O. The predicted octanol–water partition coefficient (Wildman–Crippen LogP) is 4.60. The molecular weight excluding hydrogens is 405 g/mol. The molecule has 0 unspecified atom stereocenters. The number of aryl methyl sites for hydroxylation is 2. The molecule has 164 valence electrons. The van der Waals surface area contributed by atoms with Crippen LogP contribution in [0, 0.1) is 13.8 Å². The molecule has 31 heavy (non-hydrogen) atoms. The topological polar surface area (TPSA) is 43.1 Å². The van der Waals surface area contributed by atoms with Gasteiger partial charge in [-0.25, -0.2) is 4.68 Å². The van der Waals surface area contributed by atoms with Crippen LogP contribution in [-0.2, 0) is 19.3 Å². The number of halogens is 3. The molecule has 0 aliphatic carbocycles. The van der Waals surface area contributed by atoms with Crippen LogP contribution in [-0.4, -0.2) is 31.8 Å². The number of benzene rings is 1. The Morgan fingerprint density at radius 2 is 2.03 bits per heavy atom. The summed E-state index contributed by atoms with van der Waals surface area (Å²) in [7, 11) is 0. The molecule has 5 nitrogen and oxygen atoms in total. The zero-order valence-electron chi connectivity index (χ0n) is 17.6. The van der Waals surface area contributed by atoms with E-state index < -0.39 is 17.3 Å². The number of aromatic nitrogens is 3. The van der Waals surface area contributed by atoms with Gasteiger partial charge < -0.3 is 4.57 Å². The first kappa shape index (κ1) is 21.4. The van der Waals surface area contributed by atoms with Crippen LogP contribution in [0.2, 0.25) is 0 Å². The normalized spacial score (nSPS) is 17.5. The second kappa shape index (κ2) is 8.00. The van der Waals surface area contributed by atoms with Crippen molar-refractivity contribution in [3.8, 4) is 0 Å². The molecule has 0 amide bonds. The van der Waals surface area contributed by atoms with Crippen LogP contribution in [0.3, 0.4) is 0 Å².